The third kappa shape index (κ3) is 0.714. The Hall–Kier alpha value is -1.75. The molecule has 5 heteroatoms. The molecule has 0 radical (unpaired) electrons. The fourth-order valence-electron chi connectivity index (χ4n) is 1.59. The van der Waals surface area contributed by atoms with E-state index in [-0.39, 0.29) is 0 Å². The highest BCUT2D eigenvalue weighted by molar-refractivity contribution is 5.48. The molecule has 0 fully saturated rings. The molecular weight excluding hydrogens is 168 g/mol. The van der Waals surface area contributed by atoms with Crippen LogP contribution in [0.2, 0.25) is 0 Å². The number of benzene rings is 1. The second-order valence-corrected chi connectivity index (χ2v) is 2.91. The molecule has 0 saturated carbocycles. The fraction of sp³-hybridized carbons (Fsp3) is 0.125. The highest BCUT2D eigenvalue weighted by Crippen LogP contribution is 2.32. The molecule has 3 rings (SSSR count). The Balaban J connectivity index is 2.37. The smallest absolute Gasteiger partial charge is 0.189 e. The first-order chi connectivity index (χ1) is 6.38. The van der Waals surface area contributed by atoms with Crippen LogP contribution in [0.25, 0.3) is 5.69 Å². The Labute approximate surface area is 73.6 Å². The van der Waals surface area contributed by atoms with Gasteiger partial charge in [-0.1, -0.05) is 18.2 Å². The molecule has 0 bridgehead atoms. The lowest BCUT2D eigenvalue weighted by Crippen LogP contribution is -1.96. The average Bonchev–Trinajstić information content (AvgIpc) is 2.72. The van der Waals surface area contributed by atoms with E-state index in [9.17, 15) is 5.11 Å². The van der Waals surface area contributed by atoms with Crippen molar-refractivity contribution in [3.8, 4) is 5.69 Å². The van der Waals surface area contributed by atoms with Gasteiger partial charge in [0.05, 0.1) is 5.69 Å². The van der Waals surface area contributed by atoms with Gasteiger partial charge in [0, 0.05) is 5.56 Å². The molecule has 2 heterocycles. The van der Waals surface area contributed by atoms with E-state index in [4.69, 9.17) is 0 Å². The lowest BCUT2D eigenvalue weighted by atomic mass is 10.1. The monoisotopic (exact) mass is 174 g/mol. The summed E-state index contributed by atoms with van der Waals surface area (Å²) in [7, 11) is 0. The molecule has 0 saturated heterocycles. The zero-order valence-corrected chi connectivity index (χ0v) is 6.62. The van der Waals surface area contributed by atoms with Crippen molar-refractivity contribution in [1.29, 1.82) is 0 Å². The highest BCUT2D eigenvalue weighted by Gasteiger charge is 2.29. The Bertz CT molecular complexity index is 465. The van der Waals surface area contributed by atoms with E-state index in [1.807, 2.05) is 24.3 Å². The average molecular weight is 174 g/mol. The van der Waals surface area contributed by atoms with E-state index in [2.05, 4.69) is 15.5 Å². The topological polar surface area (TPSA) is 63.8 Å². The number of aliphatic hydroxyl groups is 1. The summed E-state index contributed by atoms with van der Waals surface area (Å²) in [5, 5.41) is 20.8. The van der Waals surface area contributed by atoms with Gasteiger partial charge in [0.15, 0.2) is 5.82 Å². The van der Waals surface area contributed by atoms with Gasteiger partial charge in [0.25, 0.3) is 0 Å². The van der Waals surface area contributed by atoms with E-state index >= 15 is 0 Å². The molecule has 2 aromatic rings. The van der Waals surface area contributed by atoms with Crippen molar-refractivity contribution < 1.29 is 5.11 Å². The molecule has 64 valence electrons. The number of hydrogen-bond donors (Lipinski definition) is 1. The minimum Gasteiger partial charge on any atom is -0.380 e. The molecule has 0 amide bonds. The summed E-state index contributed by atoms with van der Waals surface area (Å²) in [5.74, 6) is 0.487. The summed E-state index contributed by atoms with van der Waals surface area (Å²) in [6, 6.07) is 7.51. The summed E-state index contributed by atoms with van der Waals surface area (Å²) in [6.45, 7) is 0. The van der Waals surface area contributed by atoms with Gasteiger partial charge in [-0.3, -0.25) is 0 Å². The number of aromatic nitrogens is 4. The van der Waals surface area contributed by atoms with Crippen LogP contribution in [0, 0.1) is 0 Å². The largest absolute Gasteiger partial charge is 0.380 e. The molecular formula is C8H6N4O. The Morgan fingerprint density at radius 1 is 1.31 bits per heavy atom. The summed E-state index contributed by atoms with van der Waals surface area (Å²) < 4.78 is 1.56. The van der Waals surface area contributed by atoms with Crippen LogP contribution in [-0.4, -0.2) is 25.3 Å². The first kappa shape index (κ1) is 6.73. The maximum atomic E-state index is 9.76. The molecule has 1 aliphatic heterocycles. The number of hydrogen-bond acceptors (Lipinski definition) is 4. The van der Waals surface area contributed by atoms with Crippen molar-refractivity contribution >= 4 is 0 Å². The number of rotatable bonds is 0. The molecule has 1 N–H and O–H groups in total. The van der Waals surface area contributed by atoms with Crippen LogP contribution in [0.15, 0.2) is 24.3 Å². The van der Waals surface area contributed by atoms with E-state index < -0.39 is 6.10 Å². The van der Waals surface area contributed by atoms with Crippen molar-refractivity contribution in [3.63, 3.8) is 0 Å². The molecule has 1 unspecified atom stereocenters. The molecule has 0 aliphatic carbocycles. The van der Waals surface area contributed by atoms with E-state index in [0.29, 0.717) is 5.82 Å². The van der Waals surface area contributed by atoms with Crippen LogP contribution in [0.5, 0.6) is 0 Å². The van der Waals surface area contributed by atoms with Gasteiger partial charge in [-0.2, -0.15) is 4.68 Å². The Kier molecular flexibility index (Phi) is 1.11. The number of fused-ring (bicyclic) bond motifs is 3. The molecule has 13 heavy (non-hydrogen) atoms. The van der Waals surface area contributed by atoms with Crippen molar-refractivity contribution in [3.05, 3.63) is 35.7 Å². The van der Waals surface area contributed by atoms with Gasteiger partial charge < -0.3 is 5.11 Å². The van der Waals surface area contributed by atoms with Gasteiger partial charge >= 0.3 is 0 Å². The fourth-order valence-corrected chi connectivity index (χ4v) is 1.59. The maximum Gasteiger partial charge on any atom is 0.189 e. The Morgan fingerprint density at radius 3 is 3.08 bits per heavy atom. The molecule has 1 atom stereocenters. The molecule has 0 spiro atoms. The lowest BCUT2D eigenvalue weighted by molar-refractivity contribution is 0.216. The van der Waals surface area contributed by atoms with Crippen LogP contribution < -0.4 is 0 Å². The summed E-state index contributed by atoms with van der Waals surface area (Å²) in [6.07, 6.45) is -0.689. The van der Waals surface area contributed by atoms with Gasteiger partial charge in [0.1, 0.15) is 6.10 Å². The van der Waals surface area contributed by atoms with Crippen LogP contribution in [0.3, 0.4) is 0 Å². The number of para-hydroxylation sites is 1. The number of tetrazole rings is 1. The van der Waals surface area contributed by atoms with Crippen LogP contribution >= 0.6 is 0 Å². The molecule has 1 aliphatic rings. The van der Waals surface area contributed by atoms with Crippen LogP contribution in [-0.2, 0) is 0 Å². The second kappa shape index (κ2) is 2.14. The lowest BCUT2D eigenvalue weighted by Gasteiger charge is -1.99. The zero-order valence-electron chi connectivity index (χ0n) is 6.62. The van der Waals surface area contributed by atoms with Crippen LogP contribution in [0.4, 0.5) is 0 Å². The number of aliphatic hydroxyl groups excluding tert-OH is 1. The van der Waals surface area contributed by atoms with Crippen molar-refractivity contribution in [2.75, 3.05) is 0 Å². The minimum absolute atomic E-state index is 0.487. The third-order valence-electron chi connectivity index (χ3n) is 2.20. The Morgan fingerprint density at radius 2 is 2.15 bits per heavy atom. The summed E-state index contributed by atoms with van der Waals surface area (Å²) in [5.41, 5.74) is 1.69. The highest BCUT2D eigenvalue weighted by atomic mass is 16.3. The van der Waals surface area contributed by atoms with Crippen LogP contribution in [0.1, 0.15) is 17.5 Å². The van der Waals surface area contributed by atoms with Crippen molar-refractivity contribution in [2.45, 2.75) is 6.10 Å². The zero-order chi connectivity index (χ0) is 8.84. The first-order valence-corrected chi connectivity index (χ1v) is 3.93. The predicted octanol–water partition coefficient (Wildman–Crippen LogP) is 0.0574. The van der Waals surface area contributed by atoms with Crippen molar-refractivity contribution in [1.82, 2.24) is 20.2 Å². The maximum absolute atomic E-state index is 9.76. The van der Waals surface area contributed by atoms with Crippen molar-refractivity contribution in [2.24, 2.45) is 0 Å². The molecule has 5 nitrogen and oxygen atoms in total. The molecule has 1 aromatic carbocycles. The first-order valence-electron chi connectivity index (χ1n) is 3.93. The van der Waals surface area contributed by atoms with E-state index in [0.717, 1.165) is 11.3 Å². The van der Waals surface area contributed by atoms with E-state index in [1.165, 1.54) is 0 Å². The number of nitrogens with zero attached hydrogens (tertiary/aromatic N) is 4. The van der Waals surface area contributed by atoms with Gasteiger partial charge in [-0.25, -0.2) is 0 Å². The third-order valence-corrected chi connectivity index (χ3v) is 2.20. The summed E-state index contributed by atoms with van der Waals surface area (Å²) in [4.78, 5) is 0. The second-order valence-electron chi connectivity index (χ2n) is 2.91. The SMILES string of the molecule is OC1c2ccccc2-n2nnnc21. The quantitative estimate of drug-likeness (QED) is 0.613. The van der Waals surface area contributed by atoms with Gasteiger partial charge in [-0.15, -0.1) is 5.10 Å². The predicted molar refractivity (Wildman–Crippen MR) is 43.2 cm³/mol. The van der Waals surface area contributed by atoms with E-state index in [1.54, 1.807) is 4.68 Å². The molecule has 1 aromatic heterocycles. The minimum atomic E-state index is -0.689. The summed E-state index contributed by atoms with van der Waals surface area (Å²) >= 11 is 0. The van der Waals surface area contributed by atoms with Gasteiger partial charge in [0.2, 0.25) is 0 Å². The normalized spacial score (nSPS) is 18.4. The van der Waals surface area contributed by atoms with Gasteiger partial charge in [-0.05, 0) is 16.5 Å². The standard InChI is InChI=1S/C8H6N4O/c13-7-5-3-1-2-4-6(5)12-8(7)9-10-11-12/h1-4,7,13H.